The summed E-state index contributed by atoms with van der Waals surface area (Å²) in [5.74, 6) is 0.119. The van der Waals surface area contributed by atoms with Crippen molar-refractivity contribution in [1.82, 2.24) is 29.6 Å². The Hall–Kier alpha value is -2.65. The number of hydrogen-bond acceptors (Lipinski definition) is 6. The molecule has 1 saturated heterocycles. The number of halogens is 3. The zero-order valence-corrected chi connectivity index (χ0v) is 20.6. The lowest BCUT2D eigenvalue weighted by molar-refractivity contribution is -0.173. The molecule has 2 aromatic heterocycles. The number of alkyl halides is 2. The molecule has 0 spiro atoms. The van der Waals surface area contributed by atoms with E-state index in [1.165, 1.54) is 0 Å². The molecule has 0 N–H and O–H groups in total. The van der Waals surface area contributed by atoms with Crippen LogP contribution in [0.2, 0.25) is 5.02 Å². The predicted molar refractivity (Wildman–Crippen MR) is 129 cm³/mol. The van der Waals surface area contributed by atoms with Crippen molar-refractivity contribution in [2.45, 2.75) is 70.0 Å². The highest BCUT2D eigenvalue weighted by Gasteiger charge is 2.57. The van der Waals surface area contributed by atoms with Crippen LogP contribution >= 0.6 is 11.6 Å². The van der Waals surface area contributed by atoms with E-state index in [9.17, 15) is 8.78 Å². The van der Waals surface area contributed by atoms with Gasteiger partial charge >= 0.3 is 0 Å². The van der Waals surface area contributed by atoms with Gasteiger partial charge in [0.05, 0.1) is 12.2 Å². The first-order chi connectivity index (χ1) is 16.7. The lowest BCUT2D eigenvalue weighted by Crippen LogP contribution is -2.59. The molecule has 2 aliphatic heterocycles. The third kappa shape index (κ3) is 4.08. The molecule has 0 amide bonds. The molecule has 0 bridgehead atoms. The predicted octanol–water partition coefficient (Wildman–Crippen LogP) is 4.91. The Morgan fingerprint density at radius 3 is 2.54 bits per heavy atom. The van der Waals surface area contributed by atoms with Gasteiger partial charge in [0.25, 0.3) is 5.92 Å². The normalized spacial score (nSPS) is 21.7. The van der Waals surface area contributed by atoms with Crippen LogP contribution < -0.4 is 4.90 Å². The molecule has 4 heterocycles. The average Bonchev–Trinajstić information content (AvgIpc) is 3.13. The molecule has 35 heavy (non-hydrogen) atoms. The largest absolute Gasteiger partial charge is 0.341 e. The molecule has 0 unspecified atom stereocenters. The maximum atomic E-state index is 13.9. The summed E-state index contributed by atoms with van der Waals surface area (Å²) in [6.45, 7) is 6.59. The van der Waals surface area contributed by atoms with Gasteiger partial charge in [-0.3, -0.25) is 9.47 Å². The molecule has 1 aromatic carbocycles. The lowest BCUT2D eigenvalue weighted by atomic mass is 9.73. The molecule has 10 heteroatoms. The van der Waals surface area contributed by atoms with E-state index in [0.717, 1.165) is 60.5 Å². The van der Waals surface area contributed by atoms with E-state index in [2.05, 4.69) is 34.5 Å². The van der Waals surface area contributed by atoms with Crippen LogP contribution in [0.4, 0.5) is 14.7 Å². The lowest BCUT2D eigenvalue weighted by Gasteiger charge is -2.51. The molecule has 3 aromatic rings. The first-order valence-electron chi connectivity index (χ1n) is 12.1. The highest BCUT2D eigenvalue weighted by Crippen LogP contribution is 2.50. The van der Waals surface area contributed by atoms with Crippen LogP contribution in [0.25, 0.3) is 5.69 Å². The van der Waals surface area contributed by atoms with Crippen molar-refractivity contribution in [3.05, 3.63) is 58.4 Å². The number of benzene rings is 1. The topological polar surface area (TPSA) is 63.0 Å². The van der Waals surface area contributed by atoms with Crippen molar-refractivity contribution in [3.8, 4) is 5.69 Å². The molecule has 6 rings (SSSR count). The van der Waals surface area contributed by atoms with Gasteiger partial charge in [0.15, 0.2) is 5.82 Å². The number of fused-ring (bicyclic) bond motifs is 3. The highest BCUT2D eigenvalue weighted by molar-refractivity contribution is 6.30. The Kier molecular flexibility index (Phi) is 5.34. The van der Waals surface area contributed by atoms with Crippen LogP contribution in [0.1, 0.15) is 61.4 Å². The van der Waals surface area contributed by atoms with Crippen LogP contribution in [-0.2, 0) is 13.1 Å². The zero-order valence-electron chi connectivity index (χ0n) is 19.9. The highest BCUT2D eigenvalue weighted by atomic mass is 35.5. The van der Waals surface area contributed by atoms with Gasteiger partial charge in [-0.05, 0) is 56.5 Å². The molecule has 3 aliphatic rings. The SMILES string of the molecule is Cc1ccnc(N2CCC(c3nnc4n3-c3ccc(Cl)cc3CN(C3(C)CC(F)(F)C3)C4)CC2)n1. The minimum absolute atomic E-state index is 0.142. The number of rotatable bonds is 3. The summed E-state index contributed by atoms with van der Waals surface area (Å²) in [6.07, 6.45) is 3.33. The van der Waals surface area contributed by atoms with E-state index in [0.29, 0.717) is 18.1 Å². The molecule has 0 atom stereocenters. The third-order valence-electron chi connectivity index (χ3n) is 7.70. The van der Waals surface area contributed by atoms with Gasteiger partial charge in [0.2, 0.25) is 5.95 Å². The van der Waals surface area contributed by atoms with Gasteiger partial charge < -0.3 is 4.90 Å². The maximum Gasteiger partial charge on any atom is 0.251 e. The number of aromatic nitrogens is 5. The van der Waals surface area contributed by atoms with Crippen molar-refractivity contribution in [2.24, 2.45) is 0 Å². The summed E-state index contributed by atoms with van der Waals surface area (Å²) < 4.78 is 29.9. The summed E-state index contributed by atoms with van der Waals surface area (Å²) in [5.41, 5.74) is 2.38. The second kappa shape index (κ2) is 8.20. The Morgan fingerprint density at radius 1 is 1.06 bits per heavy atom. The third-order valence-corrected chi connectivity index (χ3v) is 7.93. The fourth-order valence-electron chi connectivity index (χ4n) is 5.88. The number of nitrogens with zero attached hydrogens (tertiary/aromatic N) is 7. The van der Waals surface area contributed by atoms with Crippen LogP contribution in [0.3, 0.4) is 0 Å². The van der Waals surface area contributed by atoms with Gasteiger partial charge in [-0.2, -0.15) is 0 Å². The minimum atomic E-state index is -2.61. The van der Waals surface area contributed by atoms with E-state index < -0.39 is 11.5 Å². The van der Waals surface area contributed by atoms with E-state index in [-0.39, 0.29) is 18.8 Å². The van der Waals surface area contributed by atoms with Crippen molar-refractivity contribution in [1.29, 1.82) is 0 Å². The van der Waals surface area contributed by atoms with Crippen LogP contribution in [0, 0.1) is 6.92 Å². The Bertz CT molecular complexity index is 1260. The summed E-state index contributed by atoms with van der Waals surface area (Å²) in [6, 6.07) is 7.73. The smallest absolute Gasteiger partial charge is 0.251 e. The molecule has 1 aliphatic carbocycles. The monoisotopic (exact) mass is 499 g/mol. The molecular weight excluding hydrogens is 472 g/mol. The van der Waals surface area contributed by atoms with Crippen molar-refractivity contribution in [3.63, 3.8) is 0 Å². The first-order valence-corrected chi connectivity index (χ1v) is 12.5. The quantitative estimate of drug-likeness (QED) is 0.510. The van der Waals surface area contributed by atoms with Crippen LogP contribution in [0.5, 0.6) is 0 Å². The van der Waals surface area contributed by atoms with Gasteiger partial charge in [-0.1, -0.05) is 11.6 Å². The number of anilines is 1. The molecule has 1 saturated carbocycles. The fourth-order valence-corrected chi connectivity index (χ4v) is 6.08. The number of hydrogen-bond donors (Lipinski definition) is 0. The average molecular weight is 500 g/mol. The molecule has 0 radical (unpaired) electrons. The van der Waals surface area contributed by atoms with E-state index in [4.69, 9.17) is 11.6 Å². The van der Waals surface area contributed by atoms with E-state index >= 15 is 0 Å². The fraction of sp³-hybridized carbons (Fsp3) is 0.520. The minimum Gasteiger partial charge on any atom is -0.341 e. The maximum absolute atomic E-state index is 13.9. The Morgan fingerprint density at radius 2 is 1.83 bits per heavy atom. The number of aryl methyl sites for hydroxylation is 1. The Labute approximate surface area is 208 Å². The molecule has 2 fully saturated rings. The van der Waals surface area contributed by atoms with Gasteiger partial charge in [0, 0.05) is 60.8 Å². The summed E-state index contributed by atoms with van der Waals surface area (Å²) >= 11 is 6.36. The Balaban J connectivity index is 1.31. The van der Waals surface area contributed by atoms with Crippen LogP contribution in [0.15, 0.2) is 30.5 Å². The summed E-state index contributed by atoms with van der Waals surface area (Å²) in [5, 5.41) is 9.85. The van der Waals surface area contributed by atoms with E-state index in [1.807, 2.05) is 38.1 Å². The molecule has 7 nitrogen and oxygen atoms in total. The second-order valence-electron chi connectivity index (χ2n) is 10.4. The van der Waals surface area contributed by atoms with Gasteiger partial charge in [0.1, 0.15) is 5.82 Å². The first kappa shape index (κ1) is 22.8. The summed E-state index contributed by atoms with van der Waals surface area (Å²) in [4.78, 5) is 13.3. The summed E-state index contributed by atoms with van der Waals surface area (Å²) in [7, 11) is 0. The molecular formula is C25H28ClF2N7. The molecule has 184 valence electrons. The number of piperidine rings is 1. The second-order valence-corrected chi connectivity index (χ2v) is 10.8. The van der Waals surface area contributed by atoms with Crippen LogP contribution in [-0.4, -0.2) is 54.2 Å². The van der Waals surface area contributed by atoms with E-state index in [1.54, 1.807) is 6.20 Å². The van der Waals surface area contributed by atoms with Gasteiger partial charge in [-0.15, -0.1) is 10.2 Å². The van der Waals surface area contributed by atoms with Crippen molar-refractivity contribution >= 4 is 17.5 Å². The van der Waals surface area contributed by atoms with Crippen molar-refractivity contribution in [2.75, 3.05) is 18.0 Å². The zero-order chi connectivity index (χ0) is 24.4. The standard InChI is InChI=1S/C25H28ClF2N7/c1-16-5-8-29-23(30-16)33-9-6-17(7-10-33)22-32-31-21-13-34(24(2)14-25(27,28)15-24)12-18-11-19(26)3-4-20(18)35(21)22/h3-5,8,11,17H,6-7,9-10,12-15H2,1-2H3. The van der Waals surface area contributed by atoms with Gasteiger partial charge in [-0.25, -0.2) is 18.7 Å². The van der Waals surface area contributed by atoms with Crippen molar-refractivity contribution < 1.29 is 8.78 Å².